The number of nitrogens with one attached hydrogen (secondary N) is 1. The maximum Gasteiger partial charge on any atom is 0.328 e. The summed E-state index contributed by atoms with van der Waals surface area (Å²) in [4.78, 5) is 24.5. The number of rotatable bonds is 1. The first kappa shape index (κ1) is 13.6. The van der Waals surface area contributed by atoms with E-state index in [0.29, 0.717) is 13.0 Å². The van der Waals surface area contributed by atoms with Crippen LogP contribution in [0.1, 0.15) is 38.3 Å². The van der Waals surface area contributed by atoms with Crippen LogP contribution in [0.2, 0.25) is 0 Å². The van der Waals surface area contributed by atoms with Crippen LogP contribution in [0.25, 0.3) is 0 Å². The number of carbonyl (C=O) groups excluding carboxylic acids is 2. The van der Waals surface area contributed by atoms with Crippen molar-refractivity contribution in [3.8, 4) is 0 Å². The second-order valence-electron chi connectivity index (χ2n) is 6.00. The summed E-state index contributed by atoms with van der Waals surface area (Å²) in [5, 5.41) is 2.34. The van der Waals surface area contributed by atoms with Crippen molar-refractivity contribution in [2.24, 2.45) is 0 Å². The summed E-state index contributed by atoms with van der Waals surface area (Å²) in [7, 11) is 0. The van der Waals surface area contributed by atoms with Gasteiger partial charge in [-0.25, -0.2) is 4.79 Å². The van der Waals surface area contributed by atoms with Crippen molar-refractivity contribution < 1.29 is 9.59 Å². The zero-order valence-electron chi connectivity index (χ0n) is 11.9. The highest BCUT2D eigenvalue weighted by atomic mass is 16.2. The maximum atomic E-state index is 11.8. The third kappa shape index (κ3) is 2.78. The van der Waals surface area contributed by atoms with Crippen LogP contribution in [-0.4, -0.2) is 18.5 Å². The summed E-state index contributed by atoms with van der Waals surface area (Å²) in [6.07, 6.45) is 0.353. The minimum atomic E-state index is -0.334. The highest BCUT2D eigenvalue weighted by Crippen LogP contribution is 2.29. The summed E-state index contributed by atoms with van der Waals surface area (Å²) in [5.41, 5.74) is 3.36. The molecule has 4 nitrogen and oxygen atoms in total. The zero-order chi connectivity index (χ0) is 14.2. The molecule has 1 saturated heterocycles. The summed E-state index contributed by atoms with van der Waals surface area (Å²) in [5.74, 6) is -0.204. The van der Waals surface area contributed by atoms with E-state index in [1.54, 1.807) is 4.90 Å². The molecule has 4 heteroatoms. The standard InChI is InChI=1S/C15H20N2O2/c1-10-9-11(5-6-12(10)15(2,3)4)17-8-7-13(18)16-14(17)19/h5-6,9H,7-8H2,1-4H3,(H,16,18,19). The fourth-order valence-corrected chi connectivity index (χ4v) is 2.47. The first-order valence-corrected chi connectivity index (χ1v) is 6.51. The highest BCUT2D eigenvalue weighted by molar-refractivity contribution is 6.05. The van der Waals surface area contributed by atoms with Crippen LogP contribution in [0.4, 0.5) is 10.5 Å². The molecule has 1 fully saturated rings. The summed E-state index contributed by atoms with van der Waals surface area (Å²) in [6.45, 7) is 9.00. The Balaban J connectivity index is 2.30. The molecule has 3 amide bonds. The van der Waals surface area contributed by atoms with Gasteiger partial charge in [0, 0.05) is 18.7 Å². The van der Waals surface area contributed by atoms with Gasteiger partial charge in [0.15, 0.2) is 0 Å². The van der Waals surface area contributed by atoms with E-state index in [4.69, 9.17) is 0 Å². The van der Waals surface area contributed by atoms with Crippen molar-refractivity contribution in [2.45, 2.75) is 39.5 Å². The van der Waals surface area contributed by atoms with Gasteiger partial charge in [-0.3, -0.25) is 15.0 Å². The molecule has 0 radical (unpaired) electrons. The lowest BCUT2D eigenvalue weighted by Gasteiger charge is -2.28. The molecule has 0 aliphatic carbocycles. The first-order chi connectivity index (χ1) is 8.79. The van der Waals surface area contributed by atoms with Gasteiger partial charge in [0.2, 0.25) is 5.91 Å². The van der Waals surface area contributed by atoms with Crippen molar-refractivity contribution >= 4 is 17.6 Å². The normalized spacial score (nSPS) is 16.5. The zero-order valence-corrected chi connectivity index (χ0v) is 11.9. The first-order valence-electron chi connectivity index (χ1n) is 6.51. The second kappa shape index (κ2) is 4.68. The van der Waals surface area contributed by atoms with E-state index in [0.717, 1.165) is 11.3 Å². The Bertz CT molecular complexity index is 529. The molecule has 0 bridgehead atoms. The molecular weight excluding hydrogens is 240 g/mol. The highest BCUT2D eigenvalue weighted by Gasteiger charge is 2.25. The van der Waals surface area contributed by atoms with Gasteiger partial charge in [-0.05, 0) is 35.6 Å². The molecule has 0 saturated carbocycles. The Morgan fingerprint density at radius 2 is 1.89 bits per heavy atom. The van der Waals surface area contributed by atoms with Gasteiger partial charge in [0.05, 0.1) is 0 Å². The van der Waals surface area contributed by atoms with Gasteiger partial charge in [-0.2, -0.15) is 0 Å². The summed E-state index contributed by atoms with van der Waals surface area (Å²) < 4.78 is 0. The van der Waals surface area contributed by atoms with E-state index in [1.165, 1.54) is 5.56 Å². The van der Waals surface area contributed by atoms with E-state index < -0.39 is 0 Å². The van der Waals surface area contributed by atoms with Crippen LogP contribution in [-0.2, 0) is 10.2 Å². The molecular formula is C15H20N2O2. The van der Waals surface area contributed by atoms with Crippen LogP contribution < -0.4 is 10.2 Å². The number of anilines is 1. The SMILES string of the molecule is Cc1cc(N2CCC(=O)NC2=O)ccc1C(C)(C)C. The minimum Gasteiger partial charge on any atom is -0.294 e. The Morgan fingerprint density at radius 3 is 2.42 bits per heavy atom. The molecule has 1 heterocycles. The number of aryl methyl sites for hydroxylation is 1. The van der Waals surface area contributed by atoms with Crippen molar-refractivity contribution in [1.29, 1.82) is 0 Å². The van der Waals surface area contributed by atoms with Crippen molar-refractivity contribution in [2.75, 3.05) is 11.4 Å². The Hall–Kier alpha value is -1.84. The van der Waals surface area contributed by atoms with E-state index >= 15 is 0 Å². The van der Waals surface area contributed by atoms with Gasteiger partial charge in [-0.1, -0.05) is 26.8 Å². The third-order valence-electron chi connectivity index (χ3n) is 3.38. The molecule has 0 unspecified atom stereocenters. The lowest BCUT2D eigenvalue weighted by atomic mass is 9.84. The molecule has 1 aliphatic heterocycles. The van der Waals surface area contributed by atoms with Crippen LogP contribution in [0.3, 0.4) is 0 Å². The number of hydrogen-bond donors (Lipinski definition) is 1. The lowest BCUT2D eigenvalue weighted by molar-refractivity contribution is -0.120. The Labute approximate surface area is 113 Å². The molecule has 0 aromatic heterocycles. The molecule has 102 valence electrons. The topological polar surface area (TPSA) is 49.4 Å². The predicted octanol–water partition coefficient (Wildman–Crippen LogP) is 2.74. The van der Waals surface area contributed by atoms with E-state index in [2.05, 4.69) is 39.1 Å². The third-order valence-corrected chi connectivity index (χ3v) is 3.38. The van der Waals surface area contributed by atoms with Gasteiger partial charge in [0.25, 0.3) is 0 Å². The molecule has 2 rings (SSSR count). The van der Waals surface area contributed by atoms with Gasteiger partial charge in [0.1, 0.15) is 0 Å². The minimum absolute atomic E-state index is 0.0860. The van der Waals surface area contributed by atoms with Gasteiger partial charge in [-0.15, -0.1) is 0 Å². The Morgan fingerprint density at radius 1 is 1.21 bits per heavy atom. The van der Waals surface area contributed by atoms with E-state index in [-0.39, 0.29) is 17.4 Å². The molecule has 1 aromatic carbocycles. The van der Waals surface area contributed by atoms with Gasteiger partial charge >= 0.3 is 6.03 Å². The number of hydrogen-bond acceptors (Lipinski definition) is 2. The van der Waals surface area contributed by atoms with Gasteiger partial charge < -0.3 is 0 Å². The number of urea groups is 1. The fraction of sp³-hybridized carbons (Fsp3) is 0.467. The summed E-state index contributed by atoms with van der Waals surface area (Å²) in [6, 6.07) is 5.69. The fourth-order valence-electron chi connectivity index (χ4n) is 2.47. The monoisotopic (exact) mass is 260 g/mol. The maximum absolute atomic E-state index is 11.8. The van der Waals surface area contributed by atoms with Crippen molar-refractivity contribution in [3.63, 3.8) is 0 Å². The molecule has 1 N–H and O–H groups in total. The molecule has 0 atom stereocenters. The second-order valence-corrected chi connectivity index (χ2v) is 6.00. The quantitative estimate of drug-likeness (QED) is 0.844. The average Bonchev–Trinajstić information content (AvgIpc) is 2.26. The largest absolute Gasteiger partial charge is 0.328 e. The van der Waals surface area contributed by atoms with Crippen LogP contribution >= 0.6 is 0 Å². The van der Waals surface area contributed by atoms with Crippen molar-refractivity contribution in [1.82, 2.24) is 5.32 Å². The molecule has 1 aromatic rings. The number of carbonyl (C=O) groups is 2. The number of amides is 3. The smallest absolute Gasteiger partial charge is 0.294 e. The van der Waals surface area contributed by atoms with Crippen LogP contribution in [0, 0.1) is 6.92 Å². The number of imide groups is 1. The number of benzene rings is 1. The predicted molar refractivity (Wildman–Crippen MR) is 75.4 cm³/mol. The molecule has 19 heavy (non-hydrogen) atoms. The van der Waals surface area contributed by atoms with Crippen LogP contribution in [0.5, 0.6) is 0 Å². The Kier molecular flexibility index (Phi) is 3.35. The van der Waals surface area contributed by atoms with E-state index in [9.17, 15) is 9.59 Å². The summed E-state index contributed by atoms with van der Waals surface area (Å²) >= 11 is 0. The van der Waals surface area contributed by atoms with Crippen LogP contribution in [0.15, 0.2) is 18.2 Å². The van der Waals surface area contributed by atoms with E-state index in [1.807, 2.05) is 12.1 Å². The average molecular weight is 260 g/mol. The lowest BCUT2D eigenvalue weighted by Crippen LogP contribution is -2.49. The molecule has 1 aliphatic rings. The number of nitrogens with zero attached hydrogens (tertiary/aromatic N) is 1. The molecule has 0 spiro atoms. The van der Waals surface area contributed by atoms with Crippen molar-refractivity contribution in [3.05, 3.63) is 29.3 Å².